The summed E-state index contributed by atoms with van der Waals surface area (Å²) < 4.78 is 0. The summed E-state index contributed by atoms with van der Waals surface area (Å²) in [4.78, 5) is 67.1. The van der Waals surface area contributed by atoms with Crippen LogP contribution < -0.4 is 51.2 Å². The normalized spacial score (nSPS) is 12.9. The van der Waals surface area contributed by atoms with Crippen LogP contribution in [-0.2, 0) is 41.6 Å². The number of hydrogen-bond donors (Lipinski definition) is 17. The van der Waals surface area contributed by atoms with E-state index in [0.29, 0.717) is 44.5 Å². The Morgan fingerprint density at radius 3 is 1.44 bits per heavy atom. The number of carbonyl (C=O) groups is 6. The molecule has 6 unspecified atom stereocenters. The molecule has 24 heteroatoms. The van der Waals surface area contributed by atoms with Gasteiger partial charge in [-0.25, -0.2) is 4.98 Å². The number of aromatic amines is 1. The third-order valence-corrected chi connectivity index (χ3v) is 6.92. The first kappa shape index (κ1) is 59.9. The highest BCUT2D eigenvalue weighted by Crippen LogP contribution is 2.02. The van der Waals surface area contributed by atoms with Gasteiger partial charge in [-0.2, -0.15) is 0 Å². The highest BCUT2D eigenvalue weighted by atomic mass is 16.4. The molecule has 1 heterocycles. The molecule has 25 N–H and O–H groups in total. The van der Waals surface area contributed by atoms with Gasteiger partial charge in [-0.05, 0) is 57.1 Å². The van der Waals surface area contributed by atoms with Crippen molar-refractivity contribution in [3.05, 3.63) is 54.1 Å². The summed E-state index contributed by atoms with van der Waals surface area (Å²) in [5.41, 5.74) is 42.9. The molecule has 1 aromatic heterocycles. The van der Waals surface area contributed by atoms with Crippen LogP contribution in [0.2, 0.25) is 0 Å². The Hall–Kier alpha value is -5.76. The smallest absolute Gasteiger partial charge is 0.320 e. The Balaban J connectivity index is -0.000000312. The predicted octanol–water partition coefficient (Wildman–Crippen LogP) is -2.33. The molecule has 0 bridgehead atoms. The number of nitrogens with zero attached hydrogens (tertiary/aromatic N) is 1. The van der Waals surface area contributed by atoms with Gasteiger partial charge in [0.1, 0.15) is 36.3 Å². The number of nitrogens with two attached hydrogens (primary N) is 8. The molecule has 0 amide bonds. The minimum Gasteiger partial charge on any atom is -0.480 e. The second-order valence-electron chi connectivity index (χ2n) is 12.7. The number of unbranched alkanes of at least 4 members (excludes halogenated alkanes) is 1. The Morgan fingerprint density at radius 1 is 0.678 bits per heavy atom. The first-order chi connectivity index (χ1) is 27.3. The lowest BCUT2D eigenvalue weighted by atomic mass is 10.1. The molecule has 0 spiro atoms. The molecule has 24 nitrogen and oxygen atoms in total. The van der Waals surface area contributed by atoms with Gasteiger partial charge in [0.25, 0.3) is 0 Å². The number of benzene rings is 1. The maximum absolute atomic E-state index is 10.4. The second-order valence-corrected chi connectivity index (χ2v) is 12.7. The van der Waals surface area contributed by atoms with Gasteiger partial charge < -0.3 is 86.8 Å². The standard InChI is InChI=1S/C9H11NO2.C6H14N4O2.C6H9N3O2.C6H14N2O2.C5H11NO2.C3H7NO2/c10-8(9(11)12)6-7-4-2-1-3-5-7;7-4(5(11)12)2-1-3-10-6(8)9;7-5(6(10)11)1-4-2-8-3-9-4;7-4-2-1-3-5(8)6(9)10;1-3(2)4(6)5(7)8;1-2(4)3(5)6/h1-5,8H,6,10H2,(H,11,12);4H,1-3,7H2,(H,11,12)(H4,8,9,10);2-3,5H,1,7H2,(H,8,9)(H,10,11);5H,1-4,7-8H2,(H,9,10);3-4H,6H2,1-2H3,(H,7,8);2H,4H2,1H3,(H,5,6). The van der Waals surface area contributed by atoms with E-state index in [1.165, 1.54) is 13.3 Å². The summed E-state index contributed by atoms with van der Waals surface area (Å²) in [5, 5.41) is 59.1. The third kappa shape index (κ3) is 40.2. The molecule has 59 heavy (non-hydrogen) atoms. The van der Waals surface area contributed by atoms with Gasteiger partial charge in [0.15, 0.2) is 5.96 Å². The number of aliphatic carboxylic acids is 6. The van der Waals surface area contributed by atoms with Crippen LogP contribution in [0.25, 0.3) is 0 Å². The molecule has 2 aromatic rings. The van der Waals surface area contributed by atoms with Crippen LogP contribution in [0.4, 0.5) is 0 Å². The lowest BCUT2D eigenvalue weighted by Gasteiger charge is -2.07. The van der Waals surface area contributed by atoms with E-state index in [4.69, 9.17) is 81.9 Å². The van der Waals surface area contributed by atoms with Crippen molar-refractivity contribution in [2.45, 2.75) is 102 Å². The maximum Gasteiger partial charge on any atom is 0.320 e. The van der Waals surface area contributed by atoms with E-state index in [1.807, 2.05) is 30.3 Å². The van der Waals surface area contributed by atoms with E-state index in [1.54, 1.807) is 20.0 Å². The number of carboxylic acids is 6. The molecule has 2 rings (SSSR count). The Labute approximate surface area is 342 Å². The molecule has 338 valence electrons. The van der Waals surface area contributed by atoms with Gasteiger partial charge in [-0.15, -0.1) is 0 Å². The van der Waals surface area contributed by atoms with E-state index >= 15 is 0 Å². The van der Waals surface area contributed by atoms with Crippen molar-refractivity contribution >= 4 is 41.8 Å². The van der Waals surface area contributed by atoms with Crippen molar-refractivity contribution in [2.24, 2.45) is 51.8 Å². The van der Waals surface area contributed by atoms with Gasteiger partial charge >= 0.3 is 35.8 Å². The van der Waals surface area contributed by atoms with Crippen LogP contribution >= 0.6 is 0 Å². The maximum atomic E-state index is 10.4. The van der Waals surface area contributed by atoms with Gasteiger partial charge in [-0.1, -0.05) is 50.6 Å². The van der Waals surface area contributed by atoms with Crippen LogP contribution in [0.3, 0.4) is 0 Å². The third-order valence-electron chi connectivity index (χ3n) is 6.92. The van der Waals surface area contributed by atoms with Crippen molar-refractivity contribution in [3.63, 3.8) is 0 Å². The Bertz CT molecular complexity index is 1450. The average molecular weight is 847 g/mol. The van der Waals surface area contributed by atoms with E-state index in [9.17, 15) is 28.8 Å². The molecule has 0 fully saturated rings. The summed E-state index contributed by atoms with van der Waals surface area (Å²) >= 11 is 0. The zero-order valence-electron chi connectivity index (χ0n) is 33.6. The molecule has 0 aliphatic heterocycles. The van der Waals surface area contributed by atoms with E-state index in [0.717, 1.165) is 18.4 Å². The van der Waals surface area contributed by atoms with Crippen molar-refractivity contribution in [3.8, 4) is 0 Å². The fraction of sp³-hybridized carbons (Fsp3) is 0.543. The average Bonchev–Trinajstić information content (AvgIpc) is 3.67. The fourth-order valence-electron chi connectivity index (χ4n) is 3.26. The zero-order chi connectivity index (χ0) is 46.7. The molecule has 0 radical (unpaired) electrons. The Kier molecular flexibility index (Phi) is 37.1. The molecule has 1 aromatic carbocycles. The van der Waals surface area contributed by atoms with Crippen molar-refractivity contribution in [2.75, 3.05) is 13.1 Å². The summed E-state index contributed by atoms with van der Waals surface area (Å²) in [6.07, 6.45) is 6.90. The number of aromatic nitrogens is 2. The number of guanidine groups is 1. The van der Waals surface area contributed by atoms with Crippen LogP contribution in [0.1, 0.15) is 64.1 Å². The van der Waals surface area contributed by atoms with Crippen molar-refractivity contribution < 1.29 is 59.4 Å². The molecule has 6 atom stereocenters. The number of carboxylic acid groups (broad SMARTS) is 6. The highest BCUT2D eigenvalue weighted by Gasteiger charge is 2.15. The van der Waals surface area contributed by atoms with E-state index in [-0.39, 0.29) is 18.3 Å². The van der Waals surface area contributed by atoms with Gasteiger partial charge in [0, 0.05) is 19.2 Å². The molecule has 0 saturated heterocycles. The number of H-pyrrole nitrogens is 1. The van der Waals surface area contributed by atoms with E-state index < -0.39 is 72.1 Å². The lowest BCUT2D eigenvalue weighted by molar-refractivity contribution is -0.140. The minimum atomic E-state index is -1.01. The van der Waals surface area contributed by atoms with Crippen LogP contribution in [-0.4, -0.2) is 132 Å². The molecular weight excluding hydrogens is 780 g/mol. The second kappa shape index (κ2) is 36.6. The monoisotopic (exact) mass is 846 g/mol. The molecular formula is C35H66N12O12. The minimum absolute atomic E-state index is 0.0208. The SMILES string of the molecule is CC(C)C(N)C(=O)O.CC(N)C(=O)O.N=C(N)NCCCC(N)C(=O)O.NC(Cc1c[nH]cn1)C(=O)O.NC(Cc1ccccc1)C(=O)O.NCCCCC(N)C(=O)O. The summed E-state index contributed by atoms with van der Waals surface area (Å²) in [5.74, 6) is -5.89. The van der Waals surface area contributed by atoms with Crippen molar-refractivity contribution in [1.82, 2.24) is 15.3 Å². The summed E-state index contributed by atoms with van der Waals surface area (Å²) in [7, 11) is 0. The van der Waals surface area contributed by atoms with Crippen molar-refractivity contribution in [1.29, 1.82) is 5.41 Å². The number of nitrogens with one attached hydrogen (secondary N) is 3. The highest BCUT2D eigenvalue weighted by molar-refractivity contribution is 5.75. The largest absolute Gasteiger partial charge is 0.480 e. The Morgan fingerprint density at radius 2 is 1.12 bits per heavy atom. The number of hydrogen-bond acceptors (Lipinski definition) is 15. The van der Waals surface area contributed by atoms with Crippen LogP contribution in [0.5, 0.6) is 0 Å². The quantitative estimate of drug-likeness (QED) is 0.0400. The van der Waals surface area contributed by atoms with Gasteiger partial charge in [-0.3, -0.25) is 34.2 Å². The van der Waals surface area contributed by atoms with Gasteiger partial charge in [0.2, 0.25) is 0 Å². The number of rotatable bonds is 19. The molecule has 0 aliphatic carbocycles. The first-order valence-corrected chi connectivity index (χ1v) is 18.0. The first-order valence-electron chi connectivity index (χ1n) is 18.0. The lowest BCUT2D eigenvalue weighted by Crippen LogP contribution is -2.34. The predicted molar refractivity (Wildman–Crippen MR) is 219 cm³/mol. The fourth-order valence-corrected chi connectivity index (χ4v) is 3.26. The summed E-state index contributed by atoms with van der Waals surface area (Å²) in [6.45, 7) is 6.06. The van der Waals surface area contributed by atoms with E-state index in [2.05, 4.69) is 15.3 Å². The molecule has 0 saturated carbocycles. The topological polar surface area (TPSA) is 497 Å². The van der Waals surface area contributed by atoms with Crippen LogP contribution in [0.15, 0.2) is 42.9 Å². The number of imidazole rings is 1. The summed E-state index contributed by atoms with van der Waals surface area (Å²) in [6, 6.07) is 4.70. The zero-order valence-corrected chi connectivity index (χ0v) is 33.6. The molecule has 0 aliphatic rings. The van der Waals surface area contributed by atoms with Gasteiger partial charge in [0.05, 0.1) is 12.0 Å². The van der Waals surface area contributed by atoms with Crippen LogP contribution in [0, 0.1) is 11.3 Å².